The van der Waals surface area contributed by atoms with Gasteiger partial charge in [0.1, 0.15) is 11.1 Å². The Labute approximate surface area is 159 Å². The van der Waals surface area contributed by atoms with Crippen molar-refractivity contribution in [1.82, 2.24) is 4.98 Å². The quantitative estimate of drug-likeness (QED) is 0.354. The second-order valence-corrected chi connectivity index (χ2v) is 7.22. The maximum atomic E-state index is 9.82. The van der Waals surface area contributed by atoms with Crippen molar-refractivity contribution in [2.75, 3.05) is 5.75 Å². The Bertz CT molecular complexity index is 883. The zero-order valence-corrected chi connectivity index (χ0v) is 15.8. The van der Waals surface area contributed by atoms with Crippen LogP contribution in [0.4, 0.5) is 0 Å². The van der Waals surface area contributed by atoms with E-state index in [0.29, 0.717) is 5.56 Å². The molecule has 0 saturated carbocycles. The Hall–Kier alpha value is -2.57. The highest BCUT2D eigenvalue weighted by atomic mass is 32.2. The number of benzene rings is 2. The zero-order valence-electron chi connectivity index (χ0n) is 15.0. The van der Waals surface area contributed by atoms with Crippen LogP contribution in [0.2, 0.25) is 0 Å². The van der Waals surface area contributed by atoms with E-state index >= 15 is 0 Å². The van der Waals surface area contributed by atoms with E-state index in [-0.39, 0.29) is 0 Å². The molecule has 0 unspecified atom stereocenters. The third-order valence-electron chi connectivity index (χ3n) is 4.24. The normalized spacial score (nSPS) is 10.5. The summed E-state index contributed by atoms with van der Waals surface area (Å²) in [7, 11) is 0. The minimum absolute atomic E-state index is 0.678. The maximum Gasteiger partial charge on any atom is 0.115 e. The van der Waals surface area contributed by atoms with E-state index in [1.165, 1.54) is 12.8 Å². The average Bonchev–Trinajstić information content (AvgIpc) is 2.72. The Morgan fingerprint density at radius 2 is 1.58 bits per heavy atom. The summed E-state index contributed by atoms with van der Waals surface area (Å²) >= 11 is 1.70. The molecular formula is C23H22N2S. The van der Waals surface area contributed by atoms with Crippen molar-refractivity contribution in [3.05, 3.63) is 72.3 Å². The first-order chi connectivity index (χ1) is 12.8. The summed E-state index contributed by atoms with van der Waals surface area (Å²) in [6, 6.07) is 24.7. The Morgan fingerprint density at radius 3 is 2.19 bits per heavy atom. The molecule has 0 bridgehead atoms. The van der Waals surface area contributed by atoms with E-state index in [1.54, 1.807) is 11.8 Å². The predicted octanol–water partition coefficient (Wildman–Crippen LogP) is 6.57. The van der Waals surface area contributed by atoms with Gasteiger partial charge in [-0.15, -0.1) is 11.8 Å². The monoisotopic (exact) mass is 358 g/mol. The summed E-state index contributed by atoms with van der Waals surface area (Å²) in [6.45, 7) is 2.20. The first-order valence-corrected chi connectivity index (χ1v) is 10.0. The van der Waals surface area contributed by atoms with Gasteiger partial charge in [-0.05, 0) is 23.8 Å². The van der Waals surface area contributed by atoms with Crippen molar-refractivity contribution >= 4 is 11.8 Å². The molecule has 0 aliphatic heterocycles. The van der Waals surface area contributed by atoms with Gasteiger partial charge in [0.05, 0.1) is 11.3 Å². The van der Waals surface area contributed by atoms with Gasteiger partial charge in [0.25, 0.3) is 0 Å². The number of thioether (sulfide) groups is 1. The average molecular weight is 359 g/mol. The second-order valence-electron chi connectivity index (χ2n) is 6.13. The Kier molecular flexibility index (Phi) is 6.46. The summed E-state index contributed by atoms with van der Waals surface area (Å²) in [5.74, 6) is 0.988. The van der Waals surface area contributed by atoms with E-state index in [2.05, 4.69) is 37.3 Å². The van der Waals surface area contributed by atoms with E-state index in [0.717, 1.165) is 39.6 Å². The molecule has 3 aromatic rings. The van der Waals surface area contributed by atoms with E-state index in [9.17, 15) is 5.26 Å². The van der Waals surface area contributed by atoms with Gasteiger partial charge in [0.2, 0.25) is 0 Å². The fourth-order valence-corrected chi connectivity index (χ4v) is 3.86. The van der Waals surface area contributed by atoms with E-state index < -0.39 is 0 Å². The Morgan fingerprint density at radius 1 is 0.923 bits per heavy atom. The lowest BCUT2D eigenvalue weighted by Crippen LogP contribution is -1.96. The third kappa shape index (κ3) is 4.33. The van der Waals surface area contributed by atoms with Crippen molar-refractivity contribution in [3.8, 4) is 28.5 Å². The number of hydrogen-bond acceptors (Lipinski definition) is 3. The summed E-state index contributed by atoms with van der Waals surface area (Å²) < 4.78 is 0. The maximum absolute atomic E-state index is 9.82. The summed E-state index contributed by atoms with van der Waals surface area (Å²) in [6.07, 6.45) is 3.54. The van der Waals surface area contributed by atoms with Crippen LogP contribution in [0.15, 0.2) is 71.8 Å². The molecule has 2 aromatic carbocycles. The number of hydrogen-bond donors (Lipinski definition) is 0. The van der Waals surface area contributed by atoms with Crippen molar-refractivity contribution in [3.63, 3.8) is 0 Å². The predicted molar refractivity (Wildman–Crippen MR) is 110 cm³/mol. The summed E-state index contributed by atoms with van der Waals surface area (Å²) in [4.78, 5) is 4.84. The molecule has 0 radical (unpaired) electrons. The molecule has 130 valence electrons. The van der Waals surface area contributed by atoms with Crippen LogP contribution in [-0.4, -0.2) is 10.7 Å². The molecule has 0 spiro atoms. The highest BCUT2D eigenvalue weighted by molar-refractivity contribution is 7.99. The smallest absolute Gasteiger partial charge is 0.115 e. The van der Waals surface area contributed by atoms with Gasteiger partial charge in [0.15, 0.2) is 0 Å². The minimum Gasteiger partial charge on any atom is -0.240 e. The second kappa shape index (κ2) is 9.22. The summed E-state index contributed by atoms with van der Waals surface area (Å²) in [5.41, 5.74) is 4.68. The molecule has 0 fully saturated rings. The van der Waals surface area contributed by atoms with Gasteiger partial charge in [-0.2, -0.15) is 5.26 Å². The molecule has 1 heterocycles. The lowest BCUT2D eigenvalue weighted by Gasteiger charge is -2.12. The van der Waals surface area contributed by atoms with Gasteiger partial charge in [0, 0.05) is 11.1 Å². The first kappa shape index (κ1) is 18.2. The lowest BCUT2D eigenvalue weighted by molar-refractivity contribution is 0.778. The fourth-order valence-electron chi connectivity index (χ4n) is 2.86. The molecule has 3 heteroatoms. The van der Waals surface area contributed by atoms with Crippen LogP contribution < -0.4 is 0 Å². The molecule has 26 heavy (non-hydrogen) atoms. The summed E-state index contributed by atoms with van der Waals surface area (Å²) in [5, 5.41) is 10.7. The molecule has 0 aliphatic rings. The van der Waals surface area contributed by atoms with Gasteiger partial charge in [-0.3, -0.25) is 0 Å². The van der Waals surface area contributed by atoms with Crippen molar-refractivity contribution in [1.29, 1.82) is 5.26 Å². The number of pyridine rings is 1. The van der Waals surface area contributed by atoms with Crippen LogP contribution in [0.3, 0.4) is 0 Å². The van der Waals surface area contributed by atoms with E-state index in [4.69, 9.17) is 4.98 Å². The van der Waals surface area contributed by atoms with Gasteiger partial charge in [-0.1, -0.05) is 80.4 Å². The number of nitriles is 1. The van der Waals surface area contributed by atoms with Crippen molar-refractivity contribution in [2.24, 2.45) is 0 Å². The first-order valence-electron chi connectivity index (χ1n) is 9.02. The van der Waals surface area contributed by atoms with Gasteiger partial charge in [-0.25, -0.2) is 4.98 Å². The van der Waals surface area contributed by atoms with Crippen molar-refractivity contribution in [2.45, 2.75) is 31.2 Å². The minimum atomic E-state index is 0.678. The molecule has 0 amide bonds. The van der Waals surface area contributed by atoms with Crippen LogP contribution in [0.5, 0.6) is 0 Å². The van der Waals surface area contributed by atoms with Crippen LogP contribution in [-0.2, 0) is 0 Å². The van der Waals surface area contributed by atoms with Crippen LogP contribution in [0, 0.1) is 11.3 Å². The van der Waals surface area contributed by atoms with Crippen molar-refractivity contribution < 1.29 is 0 Å². The van der Waals surface area contributed by atoms with E-state index in [1.807, 2.05) is 42.5 Å². The SMILES string of the molecule is CCCCCSc1nc(-c2ccccc2)cc(-c2ccccc2)c1C#N. The highest BCUT2D eigenvalue weighted by Crippen LogP contribution is 2.34. The zero-order chi connectivity index (χ0) is 18.2. The molecular weight excluding hydrogens is 336 g/mol. The molecule has 0 aliphatic carbocycles. The molecule has 2 nitrogen and oxygen atoms in total. The van der Waals surface area contributed by atoms with Crippen LogP contribution in [0.1, 0.15) is 31.7 Å². The molecule has 3 rings (SSSR count). The molecule has 1 aromatic heterocycles. The van der Waals surface area contributed by atoms with Crippen LogP contribution >= 0.6 is 11.8 Å². The number of aromatic nitrogens is 1. The topological polar surface area (TPSA) is 36.7 Å². The van der Waals surface area contributed by atoms with Crippen LogP contribution in [0.25, 0.3) is 22.4 Å². The fraction of sp³-hybridized carbons (Fsp3) is 0.217. The van der Waals surface area contributed by atoms with Gasteiger partial charge < -0.3 is 0 Å². The molecule has 0 N–H and O–H groups in total. The largest absolute Gasteiger partial charge is 0.240 e. The molecule has 0 saturated heterocycles. The standard InChI is InChI=1S/C23H22N2S/c1-2-3-10-15-26-23-21(17-24)20(18-11-6-4-7-12-18)16-22(25-23)19-13-8-5-9-14-19/h4-9,11-14,16H,2-3,10,15H2,1H3. The van der Waals surface area contributed by atoms with Gasteiger partial charge >= 0.3 is 0 Å². The number of nitrogens with zero attached hydrogens (tertiary/aromatic N) is 2. The molecule has 0 atom stereocenters. The Balaban J connectivity index is 2.08. The number of unbranched alkanes of at least 4 members (excludes halogenated alkanes) is 2. The third-order valence-corrected chi connectivity index (χ3v) is 5.30. The highest BCUT2D eigenvalue weighted by Gasteiger charge is 2.15. The number of rotatable bonds is 7. The lowest BCUT2D eigenvalue weighted by atomic mass is 9.99.